The van der Waals surface area contributed by atoms with Crippen LogP contribution in [0.4, 0.5) is 0 Å². The number of carbonyl (C=O) groups excluding carboxylic acids is 1. The summed E-state index contributed by atoms with van der Waals surface area (Å²) in [6, 6.07) is -0.921. The van der Waals surface area contributed by atoms with Crippen LogP contribution >= 0.6 is 0 Å². The summed E-state index contributed by atoms with van der Waals surface area (Å²) in [4.78, 5) is 13.2. The van der Waals surface area contributed by atoms with Gasteiger partial charge in [0.05, 0.1) is 32.0 Å². The lowest BCUT2D eigenvalue weighted by atomic mass is 9.97. The summed E-state index contributed by atoms with van der Waals surface area (Å²) in [5.41, 5.74) is 0. The molecule has 2 rings (SSSR count). The second-order valence-electron chi connectivity index (χ2n) is 18.6. The molecule has 14 heteroatoms. The standard InChI is InChI=1S/C53H95NO13/c1-3-5-7-9-11-13-15-17-19-20-21-22-23-25-27-29-31-33-35-37-45(58)54-41(42(57)36-34-32-30-28-26-24-18-16-14-12-10-8-6-4-2)40-64-52-50(63)48(61)51(44(39-56)66-52)67-53-49(62)47(60)46(59)43(38-55)65-53/h11,13,17,19,21-22,34,36,41-44,46-53,55-57,59-63H,3-10,12,14-16,18,20,23-33,35,37-40H2,1-2H3,(H,54,58)/b13-11-,19-17-,22-21-,36-34+. The minimum absolute atomic E-state index is 0.254. The number of unbranched alkanes of at least 4 members (excludes halogenated alkanes) is 21. The monoisotopic (exact) mass is 954 g/mol. The highest BCUT2D eigenvalue weighted by Gasteiger charge is 2.51. The minimum atomic E-state index is -1.79. The molecule has 12 atom stereocenters. The van der Waals surface area contributed by atoms with Crippen molar-refractivity contribution in [1.82, 2.24) is 5.32 Å². The fraction of sp³-hybridized carbons (Fsp3) is 0.830. The Morgan fingerprint density at radius 2 is 0.985 bits per heavy atom. The summed E-state index contributed by atoms with van der Waals surface area (Å²) in [7, 11) is 0. The third-order valence-corrected chi connectivity index (χ3v) is 12.8. The maximum Gasteiger partial charge on any atom is 0.220 e. The largest absolute Gasteiger partial charge is 0.394 e. The lowest BCUT2D eigenvalue weighted by Crippen LogP contribution is -2.65. The number of allylic oxidation sites excluding steroid dienone is 7. The Balaban J connectivity index is 1.84. The van der Waals surface area contributed by atoms with Crippen LogP contribution in [0.5, 0.6) is 0 Å². The first-order valence-corrected chi connectivity index (χ1v) is 26.4. The van der Waals surface area contributed by atoms with Crippen molar-refractivity contribution in [2.24, 2.45) is 0 Å². The predicted molar refractivity (Wildman–Crippen MR) is 263 cm³/mol. The summed E-state index contributed by atoms with van der Waals surface area (Å²) in [5.74, 6) is -0.254. The number of rotatable bonds is 40. The van der Waals surface area contributed by atoms with Gasteiger partial charge in [0.2, 0.25) is 5.91 Å². The first kappa shape index (κ1) is 61.1. The zero-order valence-electron chi connectivity index (χ0n) is 41.4. The SMILES string of the molecule is CCCCC/C=C\C/C=C\C/C=C\CCCCCCCCC(=O)NC(COC1OC(CO)C(OC2OC(CO)C(O)C(O)C2O)C(O)C1O)C(O)/C=C/CCCCCCCCCCCCCC. The maximum absolute atomic E-state index is 13.2. The second-order valence-corrected chi connectivity index (χ2v) is 18.6. The van der Waals surface area contributed by atoms with Gasteiger partial charge in [0.25, 0.3) is 0 Å². The third kappa shape index (κ3) is 26.7. The molecule has 67 heavy (non-hydrogen) atoms. The first-order chi connectivity index (χ1) is 32.6. The van der Waals surface area contributed by atoms with Crippen LogP contribution in [-0.2, 0) is 23.7 Å². The molecule has 0 spiro atoms. The molecular weight excluding hydrogens is 859 g/mol. The molecule has 0 saturated carbocycles. The van der Waals surface area contributed by atoms with Gasteiger partial charge in [-0.2, -0.15) is 0 Å². The normalized spacial score (nSPS) is 27.0. The number of aliphatic hydroxyl groups is 8. The van der Waals surface area contributed by atoms with Crippen molar-refractivity contribution in [3.63, 3.8) is 0 Å². The summed E-state index contributed by atoms with van der Waals surface area (Å²) >= 11 is 0. The molecule has 390 valence electrons. The number of aliphatic hydroxyl groups excluding tert-OH is 8. The van der Waals surface area contributed by atoms with E-state index in [0.717, 1.165) is 70.6 Å². The third-order valence-electron chi connectivity index (χ3n) is 12.8. The Morgan fingerprint density at radius 3 is 1.54 bits per heavy atom. The Labute approximate surface area is 403 Å². The van der Waals surface area contributed by atoms with E-state index in [2.05, 4.69) is 55.6 Å². The van der Waals surface area contributed by atoms with Gasteiger partial charge in [-0.15, -0.1) is 0 Å². The molecule has 0 bridgehead atoms. The molecule has 2 saturated heterocycles. The molecule has 2 aliphatic heterocycles. The van der Waals surface area contributed by atoms with E-state index in [1.54, 1.807) is 6.08 Å². The van der Waals surface area contributed by atoms with Crippen LogP contribution < -0.4 is 5.32 Å². The topological polar surface area (TPSA) is 228 Å². The zero-order chi connectivity index (χ0) is 48.9. The van der Waals surface area contributed by atoms with E-state index in [-0.39, 0.29) is 18.9 Å². The van der Waals surface area contributed by atoms with Crippen molar-refractivity contribution in [3.8, 4) is 0 Å². The van der Waals surface area contributed by atoms with Gasteiger partial charge in [0.1, 0.15) is 48.8 Å². The summed E-state index contributed by atoms with van der Waals surface area (Å²) in [6.07, 6.45) is 29.9. The number of carbonyl (C=O) groups is 1. The smallest absolute Gasteiger partial charge is 0.220 e. The maximum atomic E-state index is 13.2. The lowest BCUT2D eigenvalue weighted by Gasteiger charge is -2.46. The molecule has 2 fully saturated rings. The van der Waals surface area contributed by atoms with Gasteiger partial charge >= 0.3 is 0 Å². The molecule has 0 radical (unpaired) electrons. The van der Waals surface area contributed by atoms with Crippen LogP contribution in [0.1, 0.15) is 187 Å². The number of amides is 1. The molecule has 12 unspecified atom stereocenters. The second kappa shape index (κ2) is 39.6. The van der Waals surface area contributed by atoms with E-state index in [4.69, 9.17) is 18.9 Å². The van der Waals surface area contributed by atoms with Gasteiger partial charge in [-0.05, 0) is 57.8 Å². The molecule has 0 aliphatic carbocycles. The van der Waals surface area contributed by atoms with Crippen LogP contribution in [0.25, 0.3) is 0 Å². The van der Waals surface area contributed by atoms with Gasteiger partial charge < -0.3 is 65.1 Å². The van der Waals surface area contributed by atoms with E-state index >= 15 is 0 Å². The molecule has 1 amide bonds. The average molecular weight is 954 g/mol. The van der Waals surface area contributed by atoms with Crippen LogP contribution in [0.15, 0.2) is 48.6 Å². The summed E-state index contributed by atoms with van der Waals surface area (Å²) in [5, 5.41) is 86.8. The Kier molecular flexibility index (Phi) is 36.1. The Hall–Kier alpha value is -2.05. The number of nitrogens with one attached hydrogen (secondary N) is 1. The average Bonchev–Trinajstić information content (AvgIpc) is 3.32. The molecule has 9 N–H and O–H groups in total. The molecular formula is C53H95NO13. The number of hydrogen-bond acceptors (Lipinski definition) is 13. The molecule has 14 nitrogen and oxygen atoms in total. The number of ether oxygens (including phenoxy) is 4. The van der Waals surface area contributed by atoms with E-state index < -0.39 is 86.8 Å². The number of hydrogen-bond donors (Lipinski definition) is 9. The predicted octanol–water partition coefficient (Wildman–Crippen LogP) is 7.27. The van der Waals surface area contributed by atoms with Crippen molar-refractivity contribution in [2.75, 3.05) is 19.8 Å². The van der Waals surface area contributed by atoms with Crippen LogP contribution in [0.3, 0.4) is 0 Å². The molecule has 2 heterocycles. The van der Waals surface area contributed by atoms with Crippen LogP contribution in [0, 0.1) is 0 Å². The Morgan fingerprint density at radius 1 is 0.537 bits per heavy atom. The molecule has 0 aromatic carbocycles. The quantitative estimate of drug-likeness (QED) is 0.0218. The zero-order valence-corrected chi connectivity index (χ0v) is 41.4. The molecule has 0 aromatic heterocycles. The van der Waals surface area contributed by atoms with E-state index in [1.807, 2.05) is 6.08 Å². The highest BCUT2D eigenvalue weighted by molar-refractivity contribution is 5.76. The van der Waals surface area contributed by atoms with Gasteiger partial charge in [-0.25, -0.2) is 0 Å². The molecule has 0 aromatic rings. The lowest BCUT2D eigenvalue weighted by molar-refractivity contribution is -0.359. The summed E-state index contributed by atoms with van der Waals surface area (Å²) in [6.45, 7) is 2.74. The highest BCUT2D eigenvalue weighted by Crippen LogP contribution is 2.30. The summed E-state index contributed by atoms with van der Waals surface area (Å²) < 4.78 is 22.7. The van der Waals surface area contributed by atoms with E-state index in [9.17, 15) is 45.6 Å². The van der Waals surface area contributed by atoms with Crippen molar-refractivity contribution in [2.45, 2.75) is 261 Å². The van der Waals surface area contributed by atoms with Crippen molar-refractivity contribution in [1.29, 1.82) is 0 Å². The van der Waals surface area contributed by atoms with E-state index in [0.29, 0.717) is 6.42 Å². The van der Waals surface area contributed by atoms with Gasteiger partial charge in [-0.1, -0.05) is 172 Å². The van der Waals surface area contributed by atoms with Crippen molar-refractivity contribution >= 4 is 5.91 Å². The Bertz CT molecular complexity index is 1310. The van der Waals surface area contributed by atoms with Crippen molar-refractivity contribution < 1.29 is 64.6 Å². The van der Waals surface area contributed by atoms with Crippen molar-refractivity contribution in [3.05, 3.63) is 48.6 Å². The molecule has 2 aliphatic rings. The van der Waals surface area contributed by atoms with Gasteiger partial charge in [0.15, 0.2) is 12.6 Å². The first-order valence-electron chi connectivity index (χ1n) is 26.4. The van der Waals surface area contributed by atoms with Gasteiger partial charge in [0, 0.05) is 6.42 Å². The van der Waals surface area contributed by atoms with Crippen LogP contribution in [0.2, 0.25) is 0 Å². The fourth-order valence-corrected chi connectivity index (χ4v) is 8.41. The highest BCUT2D eigenvalue weighted by atomic mass is 16.7. The van der Waals surface area contributed by atoms with Crippen LogP contribution in [-0.4, -0.2) is 140 Å². The van der Waals surface area contributed by atoms with E-state index in [1.165, 1.54) is 89.9 Å². The minimum Gasteiger partial charge on any atom is -0.394 e. The van der Waals surface area contributed by atoms with Gasteiger partial charge in [-0.3, -0.25) is 4.79 Å². The fourth-order valence-electron chi connectivity index (χ4n) is 8.41.